The highest BCUT2D eigenvalue weighted by molar-refractivity contribution is 5.97. The number of carbonyl (C=O) groups excluding carboxylic acids is 1. The van der Waals surface area contributed by atoms with Gasteiger partial charge in [0, 0.05) is 63.0 Å². The number of nitrogens with zero attached hydrogens (tertiary/aromatic N) is 7. The number of carbonyl (C=O) groups is 1. The first-order valence-corrected chi connectivity index (χ1v) is 13.9. The lowest BCUT2D eigenvalue weighted by molar-refractivity contribution is -0.120. The number of halogens is 1. The fourth-order valence-electron chi connectivity index (χ4n) is 6.17. The van der Waals surface area contributed by atoms with Crippen LogP contribution in [0.1, 0.15) is 43.4 Å². The zero-order valence-corrected chi connectivity index (χ0v) is 23.0. The number of pyridine rings is 1. The SMILES string of the molecule is C[C@@H]1CN(CC(=O)N2CC(C)(C)c3ncc(Cc4ccc(F)cc4)cc32)[C@@H](CN2CCn3cnnc3C2)CN1. The molecule has 0 saturated carbocycles. The van der Waals surface area contributed by atoms with Crippen LogP contribution in [0.15, 0.2) is 42.9 Å². The molecule has 5 heterocycles. The first kappa shape index (κ1) is 26.0. The van der Waals surface area contributed by atoms with Gasteiger partial charge in [-0.15, -0.1) is 10.2 Å². The van der Waals surface area contributed by atoms with Crippen molar-refractivity contribution in [2.75, 3.05) is 44.2 Å². The van der Waals surface area contributed by atoms with Gasteiger partial charge in [0.2, 0.25) is 5.91 Å². The Bertz CT molecular complexity index is 1340. The summed E-state index contributed by atoms with van der Waals surface area (Å²) in [6, 6.07) is 9.21. The second-order valence-corrected chi connectivity index (χ2v) is 11.9. The monoisotopic (exact) mass is 532 g/mol. The standard InChI is InChI=1S/C29H37FN8O/c1-20-14-37(24(13-31-20)15-35-8-9-36-19-33-34-26(36)16-35)17-27(39)38-18-29(2,3)28-25(38)11-22(12-32-28)10-21-4-6-23(30)7-5-21/h4-7,11-12,19-20,24,31H,8-10,13-18H2,1-3H3/t20-,24-/m1/s1. The average Bonchev–Trinajstić information content (AvgIpc) is 3.48. The van der Waals surface area contributed by atoms with E-state index in [0.717, 1.165) is 67.6 Å². The van der Waals surface area contributed by atoms with Crippen LogP contribution in [0.3, 0.4) is 0 Å². The Hall–Kier alpha value is -3.21. The summed E-state index contributed by atoms with van der Waals surface area (Å²) >= 11 is 0. The maximum Gasteiger partial charge on any atom is 0.241 e. The predicted octanol–water partition coefficient (Wildman–Crippen LogP) is 2.21. The van der Waals surface area contributed by atoms with Gasteiger partial charge in [-0.1, -0.05) is 26.0 Å². The summed E-state index contributed by atoms with van der Waals surface area (Å²) in [6.07, 6.45) is 4.34. The molecule has 0 aliphatic carbocycles. The second kappa shape index (κ2) is 10.4. The van der Waals surface area contributed by atoms with E-state index in [1.807, 2.05) is 11.1 Å². The molecule has 1 aromatic carbocycles. The molecule has 0 bridgehead atoms. The number of hydrogen-bond acceptors (Lipinski definition) is 7. The maximum atomic E-state index is 13.9. The molecule has 2 aromatic heterocycles. The molecule has 39 heavy (non-hydrogen) atoms. The minimum absolute atomic E-state index is 0.111. The van der Waals surface area contributed by atoms with Crippen molar-refractivity contribution in [3.05, 3.63) is 71.3 Å². The van der Waals surface area contributed by atoms with Gasteiger partial charge < -0.3 is 14.8 Å². The van der Waals surface area contributed by atoms with Gasteiger partial charge in [-0.05, 0) is 42.7 Å². The van der Waals surface area contributed by atoms with Crippen LogP contribution in [-0.2, 0) is 29.7 Å². The summed E-state index contributed by atoms with van der Waals surface area (Å²) in [7, 11) is 0. The lowest BCUT2D eigenvalue weighted by Crippen LogP contribution is -2.61. The fraction of sp³-hybridized carbons (Fsp3) is 0.517. The molecule has 10 heteroatoms. The lowest BCUT2D eigenvalue weighted by atomic mass is 9.91. The van der Waals surface area contributed by atoms with Gasteiger partial charge in [0.15, 0.2) is 0 Å². The van der Waals surface area contributed by atoms with E-state index in [1.165, 1.54) is 12.1 Å². The van der Waals surface area contributed by atoms with Crippen molar-refractivity contribution < 1.29 is 9.18 Å². The van der Waals surface area contributed by atoms with Crippen LogP contribution in [-0.4, -0.2) is 86.8 Å². The number of aromatic nitrogens is 4. The molecule has 2 atom stereocenters. The number of rotatable bonds is 6. The highest BCUT2D eigenvalue weighted by Crippen LogP contribution is 2.39. The maximum absolute atomic E-state index is 13.9. The molecule has 0 radical (unpaired) electrons. The van der Waals surface area contributed by atoms with Crippen molar-refractivity contribution in [2.24, 2.45) is 0 Å². The topological polar surface area (TPSA) is 82.4 Å². The summed E-state index contributed by atoms with van der Waals surface area (Å²) < 4.78 is 15.5. The third kappa shape index (κ3) is 5.46. The third-order valence-corrected chi connectivity index (χ3v) is 8.28. The zero-order chi connectivity index (χ0) is 27.1. The summed E-state index contributed by atoms with van der Waals surface area (Å²) in [4.78, 5) is 25.4. The highest BCUT2D eigenvalue weighted by atomic mass is 19.1. The van der Waals surface area contributed by atoms with E-state index in [4.69, 9.17) is 4.98 Å². The second-order valence-electron chi connectivity index (χ2n) is 11.9. The van der Waals surface area contributed by atoms with Crippen molar-refractivity contribution >= 4 is 11.6 Å². The van der Waals surface area contributed by atoms with E-state index < -0.39 is 0 Å². The Kier molecular flexibility index (Phi) is 6.95. The number of amides is 1. The molecule has 1 fully saturated rings. The number of fused-ring (bicyclic) bond motifs is 2. The van der Waals surface area contributed by atoms with Gasteiger partial charge >= 0.3 is 0 Å². The van der Waals surface area contributed by atoms with Crippen molar-refractivity contribution in [1.29, 1.82) is 0 Å². The van der Waals surface area contributed by atoms with E-state index in [2.05, 4.69) is 56.7 Å². The minimum atomic E-state index is -0.242. The fourth-order valence-corrected chi connectivity index (χ4v) is 6.17. The Morgan fingerprint density at radius 1 is 1.18 bits per heavy atom. The number of hydrogen-bond donors (Lipinski definition) is 1. The van der Waals surface area contributed by atoms with Crippen LogP contribution < -0.4 is 10.2 Å². The Labute approximate surface area is 229 Å². The largest absolute Gasteiger partial charge is 0.315 e. The van der Waals surface area contributed by atoms with E-state index in [0.29, 0.717) is 25.6 Å². The van der Waals surface area contributed by atoms with Crippen molar-refractivity contribution in [1.82, 2.24) is 34.9 Å². The Morgan fingerprint density at radius 2 is 2.00 bits per heavy atom. The van der Waals surface area contributed by atoms with E-state index in [-0.39, 0.29) is 23.2 Å². The third-order valence-electron chi connectivity index (χ3n) is 8.28. The molecule has 6 rings (SSSR count). The molecule has 3 aliphatic rings. The summed E-state index contributed by atoms with van der Waals surface area (Å²) in [5.74, 6) is 0.870. The first-order valence-electron chi connectivity index (χ1n) is 13.9. The van der Waals surface area contributed by atoms with Gasteiger partial charge in [-0.25, -0.2) is 4.39 Å². The Balaban J connectivity index is 1.18. The molecular weight excluding hydrogens is 495 g/mol. The van der Waals surface area contributed by atoms with Crippen LogP contribution in [0.4, 0.5) is 10.1 Å². The van der Waals surface area contributed by atoms with Crippen molar-refractivity contribution in [3.8, 4) is 0 Å². The van der Waals surface area contributed by atoms with Crippen molar-refractivity contribution in [3.63, 3.8) is 0 Å². The number of piperazine rings is 1. The molecule has 9 nitrogen and oxygen atoms in total. The van der Waals surface area contributed by atoms with E-state index >= 15 is 0 Å². The summed E-state index contributed by atoms with van der Waals surface area (Å²) in [5.41, 5.74) is 3.67. The van der Waals surface area contributed by atoms with Crippen LogP contribution in [0.5, 0.6) is 0 Å². The number of nitrogens with one attached hydrogen (secondary N) is 1. The van der Waals surface area contributed by atoms with Gasteiger partial charge in [0.25, 0.3) is 0 Å². The molecule has 1 saturated heterocycles. The van der Waals surface area contributed by atoms with Crippen LogP contribution in [0, 0.1) is 5.82 Å². The van der Waals surface area contributed by atoms with Gasteiger partial charge in [-0.2, -0.15) is 0 Å². The zero-order valence-electron chi connectivity index (χ0n) is 23.0. The minimum Gasteiger partial charge on any atom is -0.315 e. The number of anilines is 1. The average molecular weight is 533 g/mol. The molecule has 1 N–H and O–H groups in total. The quantitative estimate of drug-likeness (QED) is 0.521. The molecule has 3 aromatic rings. The highest BCUT2D eigenvalue weighted by Gasteiger charge is 2.41. The number of benzene rings is 1. The smallest absolute Gasteiger partial charge is 0.241 e. The van der Waals surface area contributed by atoms with E-state index in [1.54, 1.807) is 18.5 Å². The molecule has 3 aliphatic heterocycles. The molecule has 0 unspecified atom stereocenters. The van der Waals surface area contributed by atoms with E-state index in [9.17, 15) is 9.18 Å². The molecule has 1 amide bonds. The van der Waals surface area contributed by atoms with Crippen LogP contribution >= 0.6 is 0 Å². The molecular formula is C29H37FN8O. The summed E-state index contributed by atoms with van der Waals surface area (Å²) in [6.45, 7) is 12.6. The predicted molar refractivity (Wildman–Crippen MR) is 147 cm³/mol. The molecule has 206 valence electrons. The normalized spacial score (nSPS) is 23.0. The van der Waals surface area contributed by atoms with Crippen molar-refractivity contribution in [2.45, 2.75) is 57.8 Å². The van der Waals surface area contributed by atoms with Crippen LogP contribution in [0.25, 0.3) is 0 Å². The Morgan fingerprint density at radius 3 is 2.82 bits per heavy atom. The van der Waals surface area contributed by atoms with Gasteiger partial charge in [0.1, 0.15) is 18.0 Å². The van der Waals surface area contributed by atoms with Gasteiger partial charge in [0.05, 0.1) is 24.5 Å². The lowest BCUT2D eigenvalue weighted by Gasteiger charge is -2.42. The van der Waals surface area contributed by atoms with Crippen LogP contribution in [0.2, 0.25) is 0 Å². The molecule has 0 spiro atoms. The summed E-state index contributed by atoms with van der Waals surface area (Å²) in [5, 5.41) is 11.9. The van der Waals surface area contributed by atoms with Gasteiger partial charge in [-0.3, -0.25) is 19.6 Å². The first-order chi connectivity index (χ1) is 18.7.